The van der Waals surface area contributed by atoms with Crippen LogP contribution in [0.4, 0.5) is 0 Å². The molecule has 6 nitrogen and oxygen atoms in total. The van der Waals surface area contributed by atoms with Crippen LogP contribution in [-0.2, 0) is 5.75 Å². The fourth-order valence-electron chi connectivity index (χ4n) is 2.28. The molecule has 0 saturated heterocycles. The van der Waals surface area contributed by atoms with E-state index in [2.05, 4.69) is 41.3 Å². The first kappa shape index (κ1) is 17.7. The maximum Gasteiger partial charge on any atom is 0.247 e. The van der Waals surface area contributed by atoms with E-state index < -0.39 is 0 Å². The van der Waals surface area contributed by atoms with E-state index in [1.807, 2.05) is 66.7 Å². The van der Waals surface area contributed by atoms with Gasteiger partial charge in [-0.1, -0.05) is 64.1 Å². The van der Waals surface area contributed by atoms with Gasteiger partial charge in [-0.05, 0) is 35.9 Å². The van der Waals surface area contributed by atoms with Crippen molar-refractivity contribution in [1.29, 1.82) is 0 Å². The summed E-state index contributed by atoms with van der Waals surface area (Å²) in [6.45, 7) is 0. The van der Waals surface area contributed by atoms with Crippen LogP contribution in [0.2, 0.25) is 0 Å². The van der Waals surface area contributed by atoms with Gasteiger partial charge in [0.25, 0.3) is 0 Å². The lowest BCUT2D eigenvalue weighted by Gasteiger charge is -1.94. The molecule has 0 unspecified atom stereocenters. The van der Waals surface area contributed by atoms with Gasteiger partial charge in [-0.2, -0.15) is 0 Å². The van der Waals surface area contributed by atoms with Gasteiger partial charge in [-0.25, -0.2) is 4.98 Å². The fourth-order valence-corrected chi connectivity index (χ4v) is 3.19. The highest BCUT2D eigenvalue weighted by Crippen LogP contribution is 2.23. The zero-order valence-electron chi connectivity index (χ0n) is 14.0. The van der Waals surface area contributed by atoms with Crippen LogP contribution in [0, 0.1) is 0 Å². The lowest BCUT2D eigenvalue weighted by molar-refractivity contribution is 0.528. The molecule has 4 aromatic rings. The molecule has 0 amide bonds. The molecule has 1 N–H and O–H groups in total. The maximum atomic E-state index is 5.71. The highest BCUT2D eigenvalue weighted by molar-refractivity contribution is 9.10. The number of rotatable bonds is 6. The van der Waals surface area contributed by atoms with Gasteiger partial charge in [0.05, 0.1) is 5.75 Å². The van der Waals surface area contributed by atoms with Crippen molar-refractivity contribution in [1.82, 2.24) is 25.4 Å². The number of hydrogen-bond donors (Lipinski definition) is 1. The number of benzene rings is 2. The van der Waals surface area contributed by atoms with E-state index >= 15 is 0 Å². The summed E-state index contributed by atoms with van der Waals surface area (Å²) in [7, 11) is 0. The van der Waals surface area contributed by atoms with Crippen molar-refractivity contribution in [3.05, 3.63) is 76.3 Å². The van der Waals surface area contributed by atoms with Gasteiger partial charge in [0.2, 0.25) is 16.9 Å². The van der Waals surface area contributed by atoms with Crippen LogP contribution in [0.1, 0.15) is 17.3 Å². The Morgan fingerprint density at radius 3 is 2.63 bits per heavy atom. The van der Waals surface area contributed by atoms with Crippen molar-refractivity contribution in [2.45, 2.75) is 10.9 Å². The maximum absolute atomic E-state index is 5.71. The lowest BCUT2D eigenvalue weighted by Crippen LogP contribution is -1.82. The molecule has 0 bridgehead atoms. The molecule has 0 fully saturated rings. The topological polar surface area (TPSA) is 80.5 Å². The van der Waals surface area contributed by atoms with Gasteiger partial charge < -0.3 is 4.42 Å². The molecule has 2 heterocycles. The summed E-state index contributed by atoms with van der Waals surface area (Å²) < 4.78 is 6.71. The SMILES string of the molecule is Brc1ccc(-c2nnc(CSc3n[nH]c(/C=C/c4ccccc4)n3)o2)cc1. The van der Waals surface area contributed by atoms with Gasteiger partial charge in [0.15, 0.2) is 0 Å². The normalized spacial score (nSPS) is 11.3. The first-order valence-electron chi connectivity index (χ1n) is 8.13. The van der Waals surface area contributed by atoms with E-state index in [0.717, 1.165) is 15.6 Å². The number of nitrogens with one attached hydrogen (secondary N) is 1. The summed E-state index contributed by atoms with van der Waals surface area (Å²) in [6, 6.07) is 17.8. The lowest BCUT2D eigenvalue weighted by atomic mass is 10.2. The Bertz CT molecular complexity index is 1040. The van der Waals surface area contributed by atoms with Gasteiger partial charge in [0, 0.05) is 10.0 Å². The van der Waals surface area contributed by atoms with Crippen molar-refractivity contribution in [2.75, 3.05) is 0 Å². The first-order chi connectivity index (χ1) is 13.3. The summed E-state index contributed by atoms with van der Waals surface area (Å²) in [5, 5.41) is 15.9. The van der Waals surface area contributed by atoms with E-state index in [9.17, 15) is 0 Å². The molecule has 2 aromatic carbocycles. The molecule has 4 rings (SSSR count). The van der Waals surface area contributed by atoms with Crippen molar-refractivity contribution >= 4 is 39.8 Å². The van der Waals surface area contributed by atoms with Gasteiger partial charge in [-0.15, -0.1) is 15.3 Å². The second-order valence-electron chi connectivity index (χ2n) is 5.54. The Morgan fingerprint density at radius 2 is 1.81 bits per heavy atom. The van der Waals surface area contributed by atoms with E-state index in [1.165, 1.54) is 11.8 Å². The Balaban J connectivity index is 1.36. The largest absolute Gasteiger partial charge is 0.420 e. The van der Waals surface area contributed by atoms with E-state index in [1.54, 1.807) is 0 Å². The number of halogens is 1. The predicted octanol–water partition coefficient (Wildman–Crippen LogP) is 5.08. The van der Waals surface area contributed by atoms with E-state index in [4.69, 9.17) is 4.42 Å². The second-order valence-corrected chi connectivity index (χ2v) is 7.40. The quantitative estimate of drug-likeness (QED) is 0.421. The average molecular weight is 440 g/mol. The summed E-state index contributed by atoms with van der Waals surface area (Å²) in [6.07, 6.45) is 3.88. The standard InChI is InChI=1S/C19H14BrN5OS/c20-15-9-7-14(8-10-15)18-24-23-17(26-18)12-27-19-21-16(22-25-19)11-6-13-4-2-1-3-5-13/h1-11H,12H2,(H,21,22,25)/b11-6+. The van der Waals surface area contributed by atoms with Crippen LogP contribution in [-0.4, -0.2) is 25.4 Å². The molecule has 134 valence electrons. The second kappa shape index (κ2) is 8.32. The number of aromatic nitrogens is 5. The van der Waals surface area contributed by atoms with Gasteiger partial charge >= 0.3 is 0 Å². The Hall–Kier alpha value is -2.71. The molecular weight excluding hydrogens is 426 g/mol. The highest BCUT2D eigenvalue weighted by atomic mass is 79.9. The molecule has 8 heteroatoms. The Morgan fingerprint density at radius 1 is 1.00 bits per heavy atom. The minimum atomic E-state index is 0.500. The zero-order valence-corrected chi connectivity index (χ0v) is 16.4. The van der Waals surface area contributed by atoms with Gasteiger partial charge in [-0.3, -0.25) is 5.10 Å². The molecule has 2 aromatic heterocycles. The van der Waals surface area contributed by atoms with E-state index in [0.29, 0.717) is 28.5 Å². The number of aromatic amines is 1. The fraction of sp³-hybridized carbons (Fsp3) is 0.0526. The van der Waals surface area contributed by atoms with Crippen LogP contribution < -0.4 is 0 Å². The minimum absolute atomic E-state index is 0.500. The van der Waals surface area contributed by atoms with Crippen LogP contribution in [0.25, 0.3) is 23.6 Å². The van der Waals surface area contributed by atoms with Crippen LogP contribution in [0.5, 0.6) is 0 Å². The number of nitrogens with zero attached hydrogens (tertiary/aromatic N) is 4. The summed E-state index contributed by atoms with van der Waals surface area (Å²) in [5.74, 6) is 2.23. The number of thioether (sulfide) groups is 1. The summed E-state index contributed by atoms with van der Waals surface area (Å²) >= 11 is 4.84. The molecule has 27 heavy (non-hydrogen) atoms. The Labute approximate surface area is 168 Å². The highest BCUT2D eigenvalue weighted by Gasteiger charge is 2.10. The van der Waals surface area contributed by atoms with Crippen molar-refractivity contribution in [2.24, 2.45) is 0 Å². The van der Waals surface area contributed by atoms with Crippen molar-refractivity contribution in [3.8, 4) is 11.5 Å². The Kier molecular flexibility index (Phi) is 5.45. The molecule has 0 aliphatic rings. The van der Waals surface area contributed by atoms with Gasteiger partial charge in [0.1, 0.15) is 5.82 Å². The molecular formula is C19H14BrN5OS. The van der Waals surface area contributed by atoms with Crippen molar-refractivity contribution in [3.63, 3.8) is 0 Å². The molecule has 0 atom stereocenters. The van der Waals surface area contributed by atoms with Crippen LogP contribution >= 0.6 is 27.7 Å². The number of hydrogen-bond acceptors (Lipinski definition) is 6. The molecule has 0 spiro atoms. The van der Waals surface area contributed by atoms with Crippen molar-refractivity contribution < 1.29 is 4.42 Å². The van der Waals surface area contributed by atoms with Crippen LogP contribution in [0.15, 0.2) is 68.6 Å². The molecule has 0 aliphatic carbocycles. The average Bonchev–Trinajstić information content (AvgIpc) is 3.36. The van der Waals surface area contributed by atoms with Crippen LogP contribution in [0.3, 0.4) is 0 Å². The first-order valence-corrected chi connectivity index (χ1v) is 9.91. The van der Waals surface area contributed by atoms with E-state index in [-0.39, 0.29) is 0 Å². The monoisotopic (exact) mass is 439 g/mol. The molecule has 0 saturated carbocycles. The summed E-state index contributed by atoms with van der Waals surface area (Å²) in [5.41, 5.74) is 1.99. The molecule has 0 aliphatic heterocycles. The number of H-pyrrole nitrogens is 1. The third kappa shape index (κ3) is 4.72. The third-order valence-electron chi connectivity index (χ3n) is 3.60. The summed E-state index contributed by atoms with van der Waals surface area (Å²) in [4.78, 5) is 4.43. The molecule has 0 radical (unpaired) electrons. The smallest absolute Gasteiger partial charge is 0.247 e. The zero-order chi connectivity index (χ0) is 18.5. The minimum Gasteiger partial charge on any atom is -0.420 e. The third-order valence-corrected chi connectivity index (χ3v) is 4.96. The predicted molar refractivity (Wildman–Crippen MR) is 109 cm³/mol.